The number of carbonyl (C=O) groups excluding carboxylic acids is 1. The maximum Gasteiger partial charge on any atom is 0.387 e. The van der Waals surface area contributed by atoms with E-state index in [4.69, 9.17) is 0 Å². The zero-order valence-corrected chi connectivity index (χ0v) is 16.3. The number of nitrogens with one attached hydrogen (secondary N) is 2. The summed E-state index contributed by atoms with van der Waals surface area (Å²) in [7, 11) is 0. The number of aryl methyl sites for hydroxylation is 1. The largest absolute Gasteiger partial charge is 0.435 e. The number of benzene rings is 2. The molecule has 2 N–H and O–H groups in total. The predicted molar refractivity (Wildman–Crippen MR) is 106 cm³/mol. The number of aromatic amines is 1. The van der Waals surface area contributed by atoms with Gasteiger partial charge in [0.1, 0.15) is 5.75 Å². The molecule has 0 atom stereocenters. The van der Waals surface area contributed by atoms with Crippen LogP contribution in [0.15, 0.2) is 54.6 Å². The molecule has 0 aliphatic heterocycles. The SMILES string of the molecule is CCC(F)(F)c1cccc(NC(=O)c2cc(-c3ccc(OC(F)F)cc3)[nH]c2C)c1. The predicted octanol–water partition coefficient (Wildman–Crippen LogP) is 6.35. The van der Waals surface area contributed by atoms with Gasteiger partial charge in [0.15, 0.2) is 0 Å². The topological polar surface area (TPSA) is 54.1 Å². The van der Waals surface area contributed by atoms with E-state index in [9.17, 15) is 22.4 Å². The van der Waals surface area contributed by atoms with E-state index in [0.717, 1.165) is 0 Å². The Labute approximate surface area is 170 Å². The average Bonchev–Trinajstić information content (AvgIpc) is 3.10. The van der Waals surface area contributed by atoms with Gasteiger partial charge in [0.2, 0.25) is 0 Å². The number of halogens is 4. The molecule has 0 radical (unpaired) electrons. The maximum absolute atomic E-state index is 13.9. The van der Waals surface area contributed by atoms with Crippen molar-refractivity contribution in [1.29, 1.82) is 0 Å². The summed E-state index contributed by atoms with van der Waals surface area (Å²) in [5.74, 6) is -3.40. The van der Waals surface area contributed by atoms with E-state index in [1.807, 2.05) is 0 Å². The minimum absolute atomic E-state index is 0.0266. The molecule has 1 aromatic heterocycles. The van der Waals surface area contributed by atoms with Gasteiger partial charge in [-0.05, 0) is 55.0 Å². The number of hydrogen-bond acceptors (Lipinski definition) is 2. The Morgan fingerprint density at radius 3 is 2.47 bits per heavy atom. The van der Waals surface area contributed by atoms with E-state index in [1.54, 1.807) is 25.1 Å². The van der Waals surface area contributed by atoms with Crippen LogP contribution >= 0.6 is 0 Å². The molecule has 158 valence electrons. The molecule has 0 aliphatic rings. The Balaban J connectivity index is 1.78. The molecule has 0 aliphatic carbocycles. The van der Waals surface area contributed by atoms with Crippen LogP contribution in [0.2, 0.25) is 0 Å². The number of aromatic nitrogens is 1. The summed E-state index contributed by atoms with van der Waals surface area (Å²) in [6.45, 7) is 0.186. The van der Waals surface area contributed by atoms with E-state index >= 15 is 0 Å². The van der Waals surface area contributed by atoms with Crippen molar-refractivity contribution in [3.05, 3.63) is 71.4 Å². The fourth-order valence-corrected chi connectivity index (χ4v) is 2.99. The summed E-state index contributed by atoms with van der Waals surface area (Å²) >= 11 is 0. The molecule has 8 heteroatoms. The third-order valence-corrected chi connectivity index (χ3v) is 4.64. The second-order valence-electron chi connectivity index (χ2n) is 6.72. The van der Waals surface area contributed by atoms with E-state index in [1.165, 1.54) is 43.3 Å². The monoisotopic (exact) mass is 420 g/mol. The summed E-state index contributed by atoms with van der Waals surface area (Å²) in [6.07, 6.45) is -0.341. The first-order chi connectivity index (χ1) is 14.2. The van der Waals surface area contributed by atoms with E-state index in [-0.39, 0.29) is 23.4 Å². The molecule has 30 heavy (non-hydrogen) atoms. The van der Waals surface area contributed by atoms with Crippen LogP contribution in [0.4, 0.5) is 23.2 Å². The lowest BCUT2D eigenvalue weighted by Gasteiger charge is -2.15. The molecule has 0 saturated carbocycles. The lowest BCUT2D eigenvalue weighted by Crippen LogP contribution is -2.15. The summed E-state index contributed by atoms with van der Waals surface area (Å²) in [5, 5.41) is 2.64. The Kier molecular flexibility index (Phi) is 6.14. The van der Waals surface area contributed by atoms with Gasteiger partial charge in [-0.25, -0.2) is 8.78 Å². The number of amides is 1. The quantitative estimate of drug-likeness (QED) is 0.438. The minimum Gasteiger partial charge on any atom is -0.435 e. The molecule has 0 bridgehead atoms. The van der Waals surface area contributed by atoms with E-state index in [0.29, 0.717) is 22.5 Å². The smallest absolute Gasteiger partial charge is 0.387 e. The van der Waals surface area contributed by atoms with Crippen LogP contribution in [0.3, 0.4) is 0 Å². The highest BCUT2D eigenvalue weighted by molar-refractivity contribution is 6.06. The zero-order valence-electron chi connectivity index (χ0n) is 16.3. The highest BCUT2D eigenvalue weighted by Crippen LogP contribution is 2.33. The third kappa shape index (κ3) is 4.82. The number of rotatable bonds is 7. The lowest BCUT2D eigenvalue weighted by atomic mass is 10.1. The van der Waals surface area contributed by atoms with Crippen molar-refractivity contribution in [2.75, 3.05) is 5.32 Å². The van der Waals surface area contributed by atoms with Gasteiger partial charge < -0.3 is 15.0 Å². The Morgan fingerprint density at radius 1 is 1.13 bits per heavy atom. The van der Waals surface area contributed by atoms with E-state index in [2.05, 4.69) is 15.0 Å². The first-order valence-electron chi connectivity index (χ1n) is 9.24. The van der Waals surface area contributed by atoms with E-state index < -0.39 is 18.4 Å². The van der Waals surface area contributed by atoms with Crippen LogP contribution < -0.4 is 10.1 Å². The number of hydrogen-bond donors (Lipinski definition) is 2. The van der Waals surface area contributed by atoms with Crippen LogP contribution in [-0.2, 0) is 5.92 Å². The second-order valence-corrected chi connectivity index (χ2v) is 6.72. The molecular weight excluding hydrogens is 400 g/mol. The standard InChI is InChI=1S/C22H20F4N2O2/c1-3-22(25,26)15-5-4-6-16(11-15)28-20(29)18-12-19(27-13(18)2)14-7-9-17(10-8-14)30-21(23)24/h4-12,21,27H,3H2,1-2H3,(H,28,29). The van der Waals surface area contributed by atoms with Gasteiger partial charge in [-0.3, -0.25) is 4.79 Å². The summed E-state index contributed by atoms with van der Waals surface area (Å²) in [4.78, 5) is 15.7. The molecular formula is C22H20F4N2O2. The highest BCUT2D eigenvalue weighted by Gasteiger charge is 2.29. The second kappa shape index (κ2) is 8.61. The molecule has 4 nitrogen and oxygen atoms in total. The zero-order chi connectivity index (χ0) is 21.9. The lowest BCUT2D eigenvalue weighted by molar-refractivity contribution is -0.0498. The van der Waals surface area contributed by atoms with Crippen molar-refractivity contribution < 1.29 is 27.1 Å². The average molecular weight is 420 g/mol. The van der Waals surface area contributed by atoms with Crippen molar-refractivity contribution in [2.24, 2.45) is 0 Å². The van der Waals surface area contributed by atoms with Gasteiger partial charge in [-0.1, -0.05) is 19.1 Å². The minimum atomic E-state index is -2.97. The Bertz CT molecular complexity index is 1030. The van der Waals surface area contributed by atoms with Crippen molar-refractivity contribution in [3.63, 3.8) is 0 Å². The number of H-pyrrole nitrogens is 1. The van der Waals surface area contributed by atoms with Gasteiger partial charge in [0.05, 0.1) is 5.56 Å². The van der Waals surface area contributed by atoms with Gasteiger partial charge in [0.25, 0.3) is 11.8 Å². The molecule has 3 aromatic rings. The van der Waals surface area contributed by atoms with Crippen LogP contribution in [0.1, 0.15) is 35.0 Å². The Morgan fingerprint density at radius 2 is 1.83 bits per heavy atom. The number of alkyl halides is 4. The van der Waals surface area contributed by atoms with Gasteiger partial charge in [-0.15, -0.1) is 0 Å². The molecule has 0 spiro atoms. The molecule has 0 saturated heterocycles. The van der Waals surface area contributed by atoms with Crippen molar-refractivity contribution in [3.8, 4) is 17.0 Å². The number of anilines is 1. The molecule has 0 fully saturated rings. The fraction of sp³-hybridized carbons (Fsp3) is 0.227. The Hall–Kier alpha value is -3.29. The fourth-order valence-electron chi connectivity index (χ4n) is 2.99. The number of carbonyl (C=O) groups is 1. The highest BCUT2D eigenvalue weighted by atomic mass is 19.3. The van der Waals surface area contributed by atoms with Gasteiger partial charge in [0, 0.05) is 29.1 Å². The summed E-state index contributed by atoms with van der Waals surface area (Å²) in [5.41, 5.74) is 2.29. The maximum atomic E-state index is 13.9. The van der Waals surface area contributed by atoms with Gasteiger partial charge >= 0.3 is 6.61 Å². The normalized spacial score (nSPS) is 11.6. The van der Waals surface area contributed by atoms with Crippen LogP contribution in [0.5, 0.6) is 5.75 Å². The van der Waals surface area contributed by atoms with Crippen molar-refractivity contribution in [1.82, 2.24) is 4.98 Å². The number of ether oxygens (including phenoxy) is 1. The first kappa shape index (κ1) is 21.4. The molecule has 1 amide bonds. The third-order valence-electron chi connectivity index (χ3n) is 4.64. The molecule has 1 heterocycles. The molecule has 2 aromatic carbocycles. The van der Waals surface area contributed by atoms with Crippen LogP contribution in [-0.4, -0.2) is 17.5 Å². The summed E-state index contributed by atoms with van der Waals surface area (Å²) in [6, 6.07) is 13.2. The van der Waals surface area contributed by atoms with Crippen LogP contribution in [0.25, 0.3) is 11.3 Å². The van der Waals surface area contributed by atoms with Crippen LogP contribution in [0, 0.1) is 6.92 Å². The summed E-state index contributed by atoms with van der Waals surface area (Å²) < 4.78 is 56.7. The van der Waals surface area contributed by atoms with Crippen molar-refractivity contribution in [2.45, 2.75) is 32.8 Å². The first-order valence-corrected chi connectivity index (χ1v) is 9.24. The molecule has 0 unspecified atom stereocenters. The van der Waals surface area contributed by atoms with Gasteiger partial charge in [-0.2, -0.15) is 8.78 Å². The molecule has 3 rings (SSSR count). The van der Waals surface area contributed by atoms with Crippen molar-refractivity contribution >= 4 is 11.6 Å².